The van der Waals surface area contributed by atoms with Gasteiger partial charge in [-0.1, -0.05) is 6.07 Å². The maximum absolute atomic E-state index is 12.7. The van der Waals surface area contributed by atoms with Crippen LogP contribution in [0, 0.1) is 0 Å². The second-order valence-electron chi connectivity index (χ2n) is 8.40. The van der Waals surface area contributed by atoms with Gasteiger partial charge in [-0.2, -0.15) is 11.8 Å². The van der Waals surface area contributed by atoms with E-state index in [1.807, 2.05) is 59.1 Å². The molecule has 2 aromatic rings. The fourth-order valence-electron chi connectivity index (χ4n) is 4.15. The Labute approximate surface area is 199 Å². The number of benzene rings is 2. The van der Waals surface area contributed by atoms with Crippen LogP contribution in [0.15, 0.2) is 48.5 Å². The summed E-state index contributed by atoms with van der Waals surface area (Å²) in [6.45, 7) is 6.65. The van der Waals surface area contributed by atoms with Gasteiger partial charge in [-0.25, -0.2) is 0 Å². The number of hydrogen-bond acceptors (Lipinski definition) is 6. The van der Waals surface area contributed by atoms with Crippen LogP contribution in [0.25, 0.3) is 0 Å². The Bertz CT molecular complexity index is 997. The average molecular weight is 467 g/mol. The lowest BCUT2D eigenvalue weighted by Gasteiger charge is -2.35. The Kier molecular flexibility index (Phi) is 7.67. The van der Waals surface area contributed by atoms with Gasteiger partial charge in [0.2, 0.25) is 5.91 Å². The zero-order chi connectivity index (χ0) is 23.2. The molecule has 0 bridgehead atoms. The summed E-state index contributed by atoms with van der Waals surface area (Å²) in [7, 11) is 0. The van der Waals surface area contributed by atoms with Gasteiger partial charge in [0.05, 0.1) is 6.54 Å². The number of piperazine rings is 1. The van der Waals surface area contributed by atoms with Crippen molar-refractivity contribution in [1.29, 1.82) is 0 Å². The molecule has 4 rings (SSSR count). The largest absolute Gasteiger partial charge is 0.369 e. The molecule has 0 aromatic heterocycles. The number of Topliss-reactive ketones (excluding diaryl/α,β-unsaturated/α-hetero) is 1. The molecule has 2 aliphatic rings. The highest BCUT2D eigenvalue weighted by Gasteiger charge is 2.21. The van der Waals surface area contributed by atoms with Crippen molar-refractivity contribution in [2.45, 2.75) is 6.92 Å². The van der Waals surface area contributed by atoms with Crippen LogP contribution in [0.1, 0.15) is 27.6 Å². The van der Waals surface area contributed by atoms with E-state index in [1.165, 1.54) is 0 Å². The van der Waals surface area contributed by atoms with Gasteiger partial charge in [0.25, 0.3) is 5.91 Å². The molecule has 0 atom stereocenters. The van der Waals surface area contributed by atoms with Gasteiger partial charge in [0.1, 0.15) is 0 Å². The molecule has 2 saturated heterocycles. The molecule has 2 fully saturated rings. The summed E-state index contributed by atoms with van der Waals surface area (Å²) in [6.07, 6.45) is 0. The molecule has 0 saturated carbocycles. The lowest BCUT2D eigenvalue weighted by molar-refractivity contribution is -0.117. The smallest absolute Gasteiger partial charge is 0.253 e. The molecule has 0 radical (unpaired) electrons. The molecule has 2 aliphatic heterocycles. The highest BCUT2D eigenvalue weighted by Crippen LogP contribution is 2.19. The Morgan fingerprint density at radius 2 is 1.58 bits per heavy atom. The maximum Gasteiger partial charge on any atom is 0.253 e. The molecule has 2 aromatic carbocycles. The van der Waals surface area contributed by atoms with Crippen molar-refractivity contribution in [3.8, 4) is 0 Å². The number of carbonyl (C=O) groups is 3. The Morgan fingerprint density at radius 3 is 2.24 bits per heavy atom. The van der Waals surface area contributed by atoms with Crippen LogP contribution in [0.4, 0.5) is 11.4 Å². The summed E-state index contributed by atoms with van der Waals surface area (Å²) < 4.78 is 0. The van der Waals surface area contributed by atoms with Gasteiger partial charge < -0.3 is 15.1 Å². The third kappa shape index (κ3) is 6.15. The van der Waals surface area contributed by atoms with Gasteiger partial charge in [-0.15, -0.1) is 0 Å². The monoisotopic (exact) mass is 466 g/mol. The van der Waals surface area contributed by atoms with Gasteiger partial charge >= 0.3 is 0 Å². The summed E-state index contributed by atoms with van der Waals surface area (Å²) >= 11 is 1.87. The molecule has 2 heterocycles. The van der Waals surface area contributed by atoms with Crippen molar-refractivity contribution in [2.75, 3.05) is 67.5 Å². The predicted octanol–water partition coefficient (Wildman–Crippen LogP) is 2.84. The van der Waals surface area contributed by atoms with Crippen molar-refractivity contribution in [3.05, 3.63) is 59.7 Å². The van der Waals surface area contributed by atoms with Crippen LogP contribution in [-0.2, 0) is 4.79 Å². The van der Waals surface area contributed by atoms with Gasteiger partial charge in [0, 0.05) is 73.3 Å². The molecule has 0 spiro atoms. The Balaban J connectivity index is 1.26. The third-order valence-electron chi connectivity index (χ3n) is 6.07. The molecule has 2 amide bonds. The summed E-state index contributed by atoms with van der Waals surface area (Å²) in [5, 5.41) is 2.95. The Morgan fingerprint density at radius 1 is 0.879 bits per heavy atom. The standard InChI is InChI=1S/C25H30N4O3S/c1-19(30)20-5-7-23(8-6-20)28-11-9-27(10-12-28)18-24(31)26-22-4-2-3-21(17-22)25(32)29-13-15-33-16-14-29/h2-8,17H,9-16,18H2,1H3,(H,26,31). The zero-order valence-corrected chi connectivity index (χ0v) is 19.8. The molecule has 1 N–H and O–H groups in total. The molecule has 174 valence electrons. The van der Waals surface area contributed by atoms with E-state index < -0.39 is 0 Å². The van der Waals surface area contributed by atoms with Crippen LogP contribution < -0.4 is 10.2 Å². The molecule has 7 nitrogen and oxygen atoms in total. The number of anilines is 2. The SMILES string of the molecule is CC(=O)c1ccc(N2CCN(CC(=O)Nc3cccc(C(=O)N4CCSCC4)c3)CC2)cc1. The normalized spacial score (nSPS) is 17.0. The summed E-state index contributed by atoms with van der Waals surface area (Å²) in [5.41, 5.74) is 3.08. The molecular formula is C25H30N4O3S. The molecule has 0 aliphatic carbocycles. The highest BCUT2D eigenvalue weighted by molar-refractivity contribution is 7.99. The molecule has 0 unspecified atom stereocenters. The fourth-order valence-corrected chi connectivity index (χ4v) is 5.06. The van der Waals surface area contributed by atoms with E-state index in [1.54, 1.807) is 13.0 Å². The lowest BCUT2D eigenvalue weighted by atomic mass is 10.1. The van der Waals surface area contributed by atoms with Crippen molar-refractivity contribution in [3.63, 3.8) is 0 Å². The van der Waals surface area contributed by atoms with Crippen molar-refractivity contribution in [1.82, 2.24) is 9.80 Å². The van der Waals surface area contributed by atoms with Crippen molar-refractivity contribution < 1.29 is 14.4 Å². The van der Waals surface area contributed by atoms with Crippen LogP contribution >= 0.6 is 11.8 Å². The van der Waals surface area contributed by atoms with E-state index in [9.17, 15) is 14.4 Å². The lowest BCUT2D eigenvalue weighted by Crippen LogP contribution is -2.48. The first-order chi connectivity index (χ1) is 16.0. The minimum Gasteiger partial charge on any atom is -0.369 e. The van der Waals surface area contributed by atoms with Gasteiger partial charge in [-0.05, 0) is 49.4 Å². The van der Waals surface area contributed by atoms with E-state index >= 15 is 0 Å². The van der Waals surface area contributed by atoms with Crippen LogP contribution in [0.3, 0.4) is 0 Å². The van der Waals surface area contributed by atoms with E-state index in [4.69, 9.17) is 0 Å². The first-order valence-electron chi connectivity index (χ1n) is 11.3. The predicted molar refractivity (Wildman–Crippen MR) is 133 cm³/mol. The first kappa shape index (κ1) is 23.3. The second-order valence-corrected chi connectivity index (χ2v) is 9.62. The minimum absolute atomic E-state index is 0.0267. The number of hydrogen-bond donors (Lipinski definition) is 1. The number of ketones is 1. The number of nitrogens with zero attached hydrogens (tertiary/aromatic N) is 3. The van der Waals surface area contributed by atoms with E-state index in [0.717, 1.165) is 62.0 Å². The summed E-state index contributed by atoms with van der Waals surface area (Å²) in [5.74, 6) is 1.96. The van der Waals surface area contributed by atoms with Crippen LogP contribution in [-0.4, -0.2) is 84.7 Å². The minimum atomic E-state index is -0.0757. The van der Waals surface area contributed by atoms with Gasteiger partial charge in [0.15, 0.2) is 5.78 Å². The van der Waals surface area contributed by atoms with Gasteiger partial charge in [-0.3, -0.25) is 19.3 Å². The number of carbonyl (C=O) groups excluding carboxylic acids is 3. The van der Waals surface area contributed by atoms with Crippen molar-refractivity contribution in [2.24, 2.45) is 0 Å². The van der Waals surface area contributed by atoms with Crippen molar-refractivity contribution >= 4 is 40.7 Å². The van der Waals surface area contributed by atoms with E-state index in [-0.39, 0.29) is 17.6 Å². The third-order valence-corrected chi connectivity index (χ3v) is 7.01. The van der Waals surface area contributed by atoms with Crippen LogP contribution in [0.5, 0.6) is 0 Å². The first-order valence-corrected chi connectivity index (χ1v) is 12.5. The summed E-state index contributed by atoms with van der Waals surface area (Å²) in [4.78, 5) is 43.1. The number of thioether (sulfide) groups is 1. The van der Waals surface area contributed by atoms with E-state index in [2.05, 4.69) is 15.1 Å². The van der Waals surface area contributed by atoms with E-state index in [0.29, 0.717) is 17.8 Å². The Hall–Kier alpha value is -2.84. The molecule has 8 heteroatoms. The maximum atomic E-state index is 12.7. The zero-order valence-electron chi connectivity index (χ0n) is 19.0. The molecule has 33 heavy (non-hydrogen) atoms. The summed E-state index contributed by atoms with van der Waals surface area (Å²) in [6, 6.07) is 14.9. The van der Waals surface area contributed by atoms with Crippen LogP contribution in [0.2, 0.25) is 0 Å². The second kappa shape index (κ2) is 10.9. The topological polar surface area (TPSA) is 73.0 Å². The number of rotatable bonds is 6. The quantitative estimate of drug-likeness (QED) is 0.660. The fraction of sp³-hybridized carbons (Fsp3) is 0.400. The average Bonchev–Trinajstić information content (AvgIpc) is 2.85. The number of nitrogens with one attached hydrogen (secondary N) is 1. The molecular weight excluding hydrogens is 436 g/mol. The highest BCUT2D eigenvalue weighted by atomic mass is 32.2. The number of amides is 2.